The number of benzene rings is 2. The highest BCUT2D eigenvalue weighted by atomic mass is 32.2. The van der Waals surface area contributed by atoms with Crippen LogP contribution >= 0.6 is 11.8 Å². The van der Waals surface area contributed by atoms with Crippen molar-refractivity contribution in [3.8, 4) is 0 Å². The zero-order valence-electron chi connectivity index (χ0n) is 16.1. The molecule has 1 aromatic heterocycles. The summed E-state index contributed by atoms with van der Waals surface area (Å²) in [7, 11) is 0. The maximum absolute atomic E-state index is 13.0. The molecule has 1 aliphatic heterocycles. The molecule has 0 saturated heterocycles. The van der Waals surface area contributed by atoms with Crippen LogP contribution in [-0.4, -0.2) is 29.6 Å². The second-order valence-electron chi connectivity index (χ2n) is 6.78. The molecule has 29 heavy (non-hydrogen) atoms. The van der Waals surface area contributed by atoms with Crippen LogP contribution in [0.2, 0.25) is 0 Å². The average Bonchev–Trinajstić information content (AvgIpc) is 2.78. The number of rotatable bonds is 4. The molecular formula is C23H21N3O2S. The van der Waals surface area contributed by atoms with Crippen molar-refractivity contribution in [2.24, 2.45) is 0 Å². The van der Waals surface area contributed by atoms with Crippen LogP contribution in [-0.2, 0) is 6.42 Å². The highest BCUT2D eigenvalue weighted by molar-refractivity contribution is 7.98. The van der Waals surface area contributed by atoms with Crippen molar-refractivity contribution < 1.29 is 9.59 Å². The van der Waals surface area contributed by atoms with Crippen molar-refractivity contribution in [3.05, 3.63) is 83.6 Å². The van der Waals surface area contributed by atoms with E-state index in [0.29, 0.717) is 28.4 Å². The Kier molecular flexibility index (Phi) is 5.62. The predicted molar refractivity (Wildman–Crippen MR) is 117 cm³/mol. The van der Waals surface area contributed by atoms with E-state index >= 15 is 0 Å². The minimum atomic E-state index is -0.209. The lowest BCUT2D eigenvalue weighted by Gasteiger charge is -2.30. The van der Waals surface area contributed by atoms with Crippen molar-refractivity contribution >= 4 is 35.0 Å². The van der Waals surface area contributed by atoms with Gasteiger partial charge in [0.05, 0.1) is 5.56 Å². The standard InChI is InChI=1S/C23H21N3O2S/c1-29-22-19(10-5-13-24-22)21(27)25-18-12-11-16-9-6-14-26(20(16)15-18)23(28)17-7-3-2-4-8-17/h2-5,7-8,10-13,15H,6,9,14H2,1H3,(H,25,27). The number of aryl methyl sites for hydroxylation is 1. The molecule has 0 spiro atoms. The zero-order valence-corrected chi connectivity index (χ0v) is 16.9. The molecule has 0 radical (unpaired) electrons. The van der Waals surface area contributed by atoms with Gasteiger partial charge in [-0.2, -0.15) is 0 Å². The van der Waals surface area contributed by atoms with E-state index in [2.05, 4.69) is 10.3 Å². The van der Waals surface area contributed by atoms with Crippen molar-refractivity contribution in [2.75, 3.05) is 23.0 Å². The van der Waals surface area contributed by atoms with Gasteiger partial charge in [0.15, 0.2) is 0 Å². The molecule has 146 valence electrons. The maximum Gasteiger partial charge on any atom is 0.258 e. The van der Waals surface area contributed by atoms with Gasteiger partial charge in [-0.25, -0.2) is 4.98 Å². The second-order valence-corrected chi connectivity index (χ2v) is 7.58. The number of thioether (sulfide) groups is 1. The Hall–Kier alpha value is -3.12. The van der Waals surface area contributed by atoms with Gasteiger partial charge in [0, 0.05) is 29.7 Å². The number of carbonyl (C=O) groups excluding carboxylic acids is 2. The number of carbonyl (C=O) groups is 2. The van der Waals surface area contributed by atoms with E-state index in [1.54, 1.807) is 23.2 Å². The molecule has 2 heterocycles. The molecule has 2 aromatic carbocycles. The highest BCUT2D eigenvalue weighted by Gasteiger charge is 2.24. The number of nitrogens with zero attached hydrogens (tertiary/aromatic N) is 2. The monoisotopic (exact) mass is 403 g/mol. The molecule has 0 aliphatic carbocycles. The van der Waals surface area contributed by atoms with E-state index in [9.17, 15) is 9.59 Å². The molecule has 1 aliphatic rings. The van der Waals surface area contributed by atoms with Gasteiger partial charge in [-0.1, -0.05) is 24.3 Å². The van der Waals surface area contributed by atoms with Gasteiger partial charge in [0.25, 0.3) is 11.8 Å². The Morgan fingerprint density at radius 3 is 2.69 bits per heavy atom. The molecule has 0 bridgehead atoms. The van der Waals surface area contributed by atoms with Crippen LogP contribution in [0, 0.1) is 0 Å². The lowest BCUT2D eigenvalue weighted by molar-refractivity contribution is 0.0984. The zero-order chi connectivity index (χ0) is 20.2. The first-order chi connectivity index (χ1) is 14.2. The molecule has 1 N–H and O–H groups in total. The van der Waals surface area contributed by atoms with Gasteiger partial charge in [-0.3, -0.25) is 9.59 Å². The third-order valence-corrected chi connectivity index (χ3v) is 5.65. The van der Waals surface area contributed by atoms with Gasteiger partial charge in [-0.05, 0) is 61.1 Å². The molecule has 5 nitrogen and oxygen atoms in total. The maximum atomic E-state index is 13.0. The topological polar surface area (TPSA) is 62.3 Å². The SMILES string of the molecule is CSc1ncccc1C(=O)Nc1ccc2c(c1)N(C(=O)c1ccccc1)CCC2. The molecule has 3 aromatic rings. The lowest BCUT2D eigenvalue weighted by atomic mass is 10.00. The van der Waals surface area contributed by atoms with Crippen LogP contribution in [0.1, 0.15) is 32.7 Å². The van der Waals surface area contributed by atoms with E-state index < -0.39 is 0 Å². The fourth-order valence-electron chi connectivity index (χ4n) is 3.52. The van der Waals surface area contributed by atoms with Gasteiger partial charge in [-0.15, -0.1) is 11.8 Å². The number of hydrogen-bond donors (Lipinski definition) is 1. The van der Waals surface area contributed by atoms with E-state index in [1.807, 2.05) is 54.8 Å². The number of hydrogen-bond acceptors (Lipinski definition) is 4. The Bertz CT molecular complexity index is 1050. The summed E-state index contributed by atoms with van der Waals surface area (Å²) in [4.78, 5) is 31.8. The summed E-state index contributed by atoms with van der Waals surface area (Å²) in [6, 6.07) is 18.6. The molecule has 6 heteroatoms. The third-order valence-electron chi connectivity index (χ3n) is 4.94. The number of aromatic nitrogens is 1. The first kappa shape index (κ1) is 19.2. The van der Waals surface area contributed by atoms with Crippen molar-refractivity contribution in [2.45, 2.75) is 17.9 Å². The average molecular weight is 404 g/mol. The highest BCUT2D eigenvalue weighted by Crippen LogP contribution is 2.31. The van der Waals surface area contributed by atoms with Gasteiger partial charge >= 0.3 is 0 Å². The van der Waals surface area contributed by atoms with E-state index in [-0.39, 0.29) is 11.8 Å². The summed E-state index contributed by atoms with van der Waals surface area (Å²) in [6.07, 6.45) is 5.41. The molecule has 4 rings (SSSR count). The molecule has 0 unspecified atom stereocenters. The fraction of sp³-hybridized carbons (Fsp3) is 0.174. The predicted octanol–water partition coefficient (Wildman–Crippen LogP) is 4.65. The Morgan fingerprint density at radius 2 is 1.90 bits per heavy atom. The van der Waals surface area contributed by atoms with Gasteiger partial charge < -0.3 is 10.2 Å². The fourth-order valence-corrected chi connectivity index (χ4v) is 4.07. The van der Waals surface area contributed by atoms with Crippen LogP contribution in [0.3, 0.4) is 0 Å². The van der Waals surface area contributed by atoms with E-state index in [1.165, 1.54) is 11.8 Å². The van der Waals surface area contributed by atoms with Crippen LogP contribution < -0.4 is 10.2 Å². The Morgan fingerprint density at radius 1 is 1.07 bits per heavy atom. The number of amides is 2. The van der Waals surface area contributed by atoms with Crippen LogP contribution in [0.25, 0.3) is 0 Å². The second kappa shape index (κ2) is 8.49. The molecule has 0 fully saturated rings. The summed E-state index contributed by atoms with van der Waals surface area (Å²) in [5.41, 5.74) is 3.84. The normalized spacial score (nSPS) is 12.9. The van der Waals surface area contributed by atoms with Crippen LogP contribution in [0.4, 0.5) is 11.4 Å². The van der Waals surface area contributed by atoms with Crippen LogP contribution in [0.5, 0.6) is 0 Å². The van der Waals surface area contributed by atoms with Gasteiger partial charge in [0.1, 0.15) is 5.03 Å². The number of pyridine rings is 1. The quantitative estimate of drug-likeness (QED) is 0.644. The summed E-state index contributed by atoms with van der Waals surface area (Å²) >= 11 is 1.43. The molecule has 0 saturated carbocycles. The lowest BCUT2D eigenvalue weighted by Crippen LogP contribution is -2.35. The minimum absolute atomic E-state index is 0.0213. The number of fused-ring (bicyclic) bond motifs is 1. The van der Waals surface area contributed by atoms with Crippen molar-refractivity contribution in [1.29, 1.82) is 0 Å². The van der Waals surface area contributed by atoms with E-state index in [0.717, 1.165) is 24.1 Å². The molecule has 2 amide bonds. The molecular weight excluding hydrogens is 382 g/mol. The van der Waals surface area contributed by atoms with Gasteiger partial charge in [0.2, 0.25) is 0 Å². The minimum Gasteiger partial charge on any atom is -0.322 e. The first-order valence-corrected chi connectivity index (χ1v) is 10.7. The number of nitrogens with one attached hydrogen (secondary N) is 1. The summed E-state index contributed by atoms with van der Waals surface area (Å²) in [6.45, 7) is 0.664. The number of anilines is 2. The van der Waals surface area contributed by atoms with Crippen molar-refractivity contribution in [3.63, 3.8) is 0 Å². The smallest absolute Gasteiger partial charge is 0.258 e. The molecule has 0 atom stereocenters. The van der Waals surface area contributed by atoms with E-state index in [4.69, 9.17) is 0 Å². The Balaban J connectivity index is 1.62. The Labute approximate surface area is 174 Å². The third kappa shape index (κ3) is 4.03. The summed E-state index contributed by atoms with van der Waals surface area (Å²) in [5.74, 6) is -0.230. The van der Waals surface area contributed by atoms with Crippen molar-refractivity contribution in [1.82, 2.24) is 4.98 Å². The summed E-state index contributed by atoms with van der Waals surface area (Å²) < 4.78 is 0. The first-order valence-electron chi connectivity index (χ1n) is 9.47. The van der Waals surface area contributed by atoms with Crippen LogP contribution in [0.15, 0.2) is 71.9 Å². The largest absolute Gasteiger partial charge is 0.322 e. The summed E-state index contributed by atoms with van der Waals surface area (Å²) in [5, 5.41) is 3.64.